The zero-order valence-corrected chi connectivity index (χ0v) is 70.0. The van der Waals surface area contributed by atoms with E-state index >= 15 is 9.59 Å². The van der Waals surface area contributed by atoms with Crippen LogP contribution in [0.1, 0.15) is 234 Å². The van der Waals surface area contributed by atoms with Crippen LogP contribution in [0.4, 0.5) is 0 Å². The molecule has 2 aromatic carbocycles. The molecule has 21 heteroatoms. The Balaban J connectivity index is 0.673. The van der Waals surface area contributed by atoms with Crippen LogP contribution in [0, 0.1) is 142 Å². The number of rotatable bonds is 26. The number of benzene rings is 2. The van der Waals surface area contributed by atoms with E-state index in [1.54, 1.807) is 24.3 Å². The van der Waals surface area contributed by atoms with Gasteiger partial charge in [-0.2, -0.15) is 0 Å². The van der Waals surface area contributed by atoms with Crippen molar-refractivity contribution >= 4 is 76.9 Å². The molecule has 26 rings (SSSR count). The maximum absolute atomic E-state index is 15.0. The number of halogens is 2. The normalized spacial score (nSPS) is 45.2. The Bertz CT molecular complexity index is 3630. The quantitative estimate of drug-likeness (QED) is 0.0486. The van der Waals surface area contributed by atoms with Gasteiger partial charge in [-0.25, -0.2) is 0 Å². The van der Waals surface area contributed by atoms with Gasteiger partial charge in [0.05, 0.1) is 0 Å². The summed E-state index contributed by atoms with van der Waals surface area (Å²) in [6.45, 7) is 8.84. The van der Waals surface area contributed by atoms with Gasteiger partial charge in [0, 0.05) is 0 Å². The van der Waals surface area contributed by atoms with Gasteiger partial charge in [0.2, 0.25) is 0 Å². The molecular formula is C90H118Cl2O18Te. The maximum atomic E-state index is 15.0. The third-order valence-electron chi connectivity index (χ3n) is 35.2. The fourth-order valence-corrected chi connectivity index (χ4v) is 38.0. The SMILES string of the molecule is CC1(OC(=O)COc2ccc([Te](Cl)(Cl)c3ccc(OCC(=O)OC4(C)C5CC6CC(C5)CC4C6)c(OCC(=O)OC4(C)C5CC6CC(C5)CC4C6)c3OCC(=O)OC3(C)C4CC5CC(C4)CC3C5)c(OCC(=O)OC3(C)C4CC5CC(C4)CC3C5)c2OCC(=O)OC2(C)C3CC4CC(C3)CC2C4)C2CC3CC(C2)CC1C3. The minimum atomic E-state index is -5.53. The van der Waals surface area contributed by atoms with Gasteiger partial charge < -0.3 is 0 Å². The molecule has 0 heterocycles. The average molecular weight is 1690 g/mol. The Morgan fingerprint density at radius 3 is 0.577 bits per heavy atom. The van der Waals surface area contributed by atoms with Gasteiger partial charge in [0.1, 0.15) is 0 Å². The zero-order valence-electron chi connectivity index (χ0n) is 66.1. The molecule has 0 atom stereocenters. The van der Waals surface area contributed by atoms with Crippen LogP contribution in [0.2, 0.25) is 0 Å². The van der Waals surface area contributed by atoms with Crippen molar-refractivity contribution in [2.45, 2.75) is 268 Å². The summed E-state index contributed by atoms with van der Waals surface area (Å²) in [5.74, 6) is 5.67. The molecule has 606 valence electrons. The van der Waals surface area contributed by atoms with Gasteiger partial charge in [-0.15, -0.1) is 0 Å². The van der Waals surface area contributed by atoms with Crippen molar-refractivity contribution in [3.05, 3.63) is 24.3 Å². The van der Waals surface area contributed by atoms with Crippen LogP contribution in [0.5, 0.6) is 34.5 Å². The first kappa shape index (κ1) is 75.2. The van der Waals surface area contributed by atoms with Crippen molar-refractivity contribution in [1.29, 1.82) is 0 Å². The van der Waals surface area contributed by atoms with Crippen molar-refractivity contribution < 1.29 is 85.6 Å². The number of ether oxygens (including phenoxy) is 12. The standard InChI is InChI=1S/C90H118Cl2O18Te/c1-85(59-17-47-11-48(19-59)20-60(85)18-47)105-75(93)41-99-71-7-9-73(83(103-45-79(97)109-89(5)67-33-55-15-56(35-67)36-68(89)34-55)81(71)101-43-77(95)107-87(3)63-25-51-13-52(27-63)28-64(87)26-51)111(91,92)74-10-8-72(100-42-76(94)106-86(2)61-21-49-12-50(23-61)24-62(86)22-49)82(102-44-78(96)108-88(4)65-29-53-14-54(31-65)32-66(88)30-53)84(74)104-46-80(98)110-90(6)69-37-57-16-58(39-69)40-70(90)38-57/h7-10,47-70H,11-46H2,1-6H3. The molecule has 24 aliphatic carbocycles. The van der Waals surface area contributed by atoms with E-state index in [4.69, 9.17) is 74.8 Å². The third-order valence-corrected chi connectivity index (χ3v) is 44.7. The van der Waals surface area contributed by atoms with E-state index in [9.17, 15) is 19.2 Å². The van der Waals surface area contributed by atoms with Gasteiger partial charge in [-0.3, -0.25) is 0 Å². The van der Waals surface area contributed by atoms with E-state index in [2.05, 4.69) is 41.5 Å². The third kappa shape index (κ3) is 13.1. The molecule has 24 aliphatic rings. The second-order valence-corrected chi connectivity index (χ2v) is 53.9. The first-order valence-electron chi connectivity index (χ1n) is 43.7. The van der Waals surface area contributed by atoms with E-state index in [-0.39, 0.29) is 113 Å². The molecule has 18 nitrogen and oxygen atoms in total. The van der Waals surface area contributed by atoms with Gasteiger partial charge in [0.15, 0.2) is 0 Å². The Hall–Kier alpha value is -4.57. The first-order chi connectivity index (χ1) is 53.1. The van der Waals surface area contributed by atoms with Crippen molar-refractivity contribution in [3.63, 3.8) is 0 Å². The topological polar surface area (TPSA) is 213 Å². The molecule has 24 saturated carbocycles. The zero-order chi connectivity index (χ0) is 76.2. The number of esters is 6. The number of hydrogen-bond acceptors (Lipinski definition) is 18. The van der Waals surface area contributed by atoms with E-state index in [1.165, 1.54) is 38.5 Å². The summed E-state index contributed by atoms with van der Waals surface area (Å²) in [7, 11) is 16.8. The summed E-state index contributed by atoms with van der Waals surface area (Å²) in [4.78, 5) is 89.1. The summed E-state index contributed by atoms with van der Waals surface area (Å²) in [5, 5.41) is 0. The Morgan fingerprint density at radius 2 is 0.405 bits per heavy atom. The summed E-state index contributed by atoms with van der Waals surface area (Å²) in [6.07, 6.45) is 31.4. The minimum absolute atomic E-state index is 0.0195. The van der Waals surface area contributed by atoms with Gasteiger partial charge in [0.25, 0.3) is 0 Å². The molecule has 111 heavy (non-hydrogen) atoms. The molecule has 24 bridgehead atoms. The first-order valence-corrected chi connectivity index (χ1v) is 52.0. The van der Waals surface area contributed by atoms with Crippen LogP contribution in [-0.4, -0.2) is 125 Å². The molecule has 2 aromatic rings. The predicted octanol–water partition coefficient (Wildman–Crippen LogP) is 15.5. The number of hydrogen-bond donors (Lipinski definition) is 0. The van der Waals surface area contributed by atoms with Crippen molar-refractivity contribution in [3.8, 4) is 34.5 Å². The average Bonchev–Trinajstić information content (AvgIpc) is 0.554. The van der Waals surface area contributed by atoms with E-state index in [0.29, 0.717) is 71.0 Å². The van der Waals surface area contributed by atoms with Gasteiger partial charge >= 0.3 is 658 Å². The Kier molecular flexibility index (Phi) is 18.8. The van der Waals surface area contributed by atoms with E-state index < -0.39 is 125 Å². The van der Waals surface area contributed by atoms with Crippen molar-refractivity contribution in [1.82, 2.24) is 0 Å². The van der Waals surface area contributed by atoms with Crippen LogP contribution in [0.3, 0.4) is 0 Å². The Morgan fingerprint density at radius 1 is 0.252 bits per heavy atom. The summed E-state index contributed by atoms with van der Waals surface area (Å²) in [5.41, 5.74) is -4.25. The second kappa shape index (κ2) is 27.8. The second-order valence-electron chi connectivity index (χ2n) is 41.4. The number of carbonyl (C=O) groups excluding carboxylic acids is 6. The fourth-order valence-electron chi connectivity index (χ4n) is 30.5. The molecule has 0 aliphatic heterocycles. The van der Waals surface area contributed by atoms with Crippen LogP contribution in [0.25, 0.3) is 0 Å². The van der Waals surface area contributed by atoms with Gasteiger partial charge in [-0.1, -0.05) is 0 Å². The Labute approximate surface area is 666 Å². The molecular weight excluding hydrogens is 1570 g/mol. The number of carbonyl (C=O) groups is 6. The monoisotopic (exact) mass is 1690 g/mol. The molecule has 0 aromatic heterocycles. The van der Waals surface area contributed by atoms with E-state index in [0.717, 1.165) is 154 Å². The fraction of sp³-hybridized carbons (Fsp3) is 0.800. The predicted molar refractivity (Wildman–Crippen MR) is 412 cm³/mol. The van der Waals surface area contributed by atoms with Crippen LogP contribution in [0.15, 0.2) is 24.3 Å². The molecule has 0 N–H and O–H groups in total. The summed E-state index contributed by atoms with van der Waals surface area (Å²) >= 11 is -5.53. The van der Waals surface area contributed by atoms with E-state index in [1.807, 2.05) is 0 Å². The summed E-state index contributed by atoms with van der Waals surface area (Å²) < 4.78 is 81.1. The molecule has 0 saturated heterocycles. The van der Waals surface area contributed by atoms with Crippen molar-refractivity contribution in [2.24, 2.45) is 142 Å². The molecule has 0 amide bonds. The molecule has 24 fully saturated rings. The molecule has 0 unspecified atom stereocenters. The van der Waals surface area contributed by atoms with Crippen LogP contribution < -0.4 is 35.6 Å². The molecule has 0 radical (unpaired) electrons. The van der Waals surface area contributed by atoms with Crippen LogP contribution in [-0.2, 0) is 57.2 Å². The molecule has 0 spiro atoms. The van der Waals surface area contributed by atoms with Crippen LogP contribution >= 0.6 is 17.9 Å². The van der Waals surface area contributed by atoms with Crippen molar-refractivity contribution in [2.75, 3.05) is 39.6 Å². The summed E-state index contributed by atoms with van der Waals surface area (Å²) in [6, 6.07) is 6.41. The van der Waals surface area contributed by atoms with Gasteiger partial charge in [-0.05, 0) is 12.8 Å².